The van der Waals surface area contributed by atoms with E-state index >= 15 is 0 Å². The van der Waals surface area contributed by atoms with Crippen molar-refractivity contribution in [3.8, 4) is 11.4 Å². The van der Waals surface area contributed by atoms with Gasteiger partial charge in [0.2, 0.25) is 0 Å². The number of Topliss-reactive ketones (excluding diaryl/α,β-unsaturated/α-hetero) is 1. The van der Waals surface area contributed by atoms with E-state index in [-0.39, 0.29) is 13.2 Å². The summed E-state index contributed by atoms with van der Waals surface area (Å²) in [5, 5.41) is 22.6. The van der Waals surface area contributed by atoms with E-state index in [1.165, 1.54) is 4.68 Å². The number of hydrogen-bond acceptors (Lipinski definition) is 8. The van der Waals surface area contributed by atoms with E-state index in [1.54, 1.807) is 48.8 Å². The third kappa shape index (κ3) is 5.67. The van der Waals surface area contributed by atoms with Gasteiger partial charge < -0.3 is 15.2 Å². The quantitative estimate of drug-likeness (QED) is 0.528. The first-order valence-corrected chi connectivity index (χ1v) is 8.91. The molecule has 1 amide bonds. The summed E-state index contributed by atoms with van der Waals surface area (Å²) in [5.74, 6) is -1.52. The highest BCUT2D eigenvalue weighted by molar-refractivity contribution is 5.90. The van der Waals surface area contributed by atoms with E-state index in [2.05, 4.69) is 25.8 Å². The minimum absolute atomic E-state index is 0.0140. The number of aromatic nitrogens is 5. The molecule has 1 aromatic carbocycles. The van der Waals surface area contributed by atoms with Crippen LogP contribution < -0.4 is 5.32 Å². The van der Waals surface area contributed by atoms with Gasteiger partial charge >= 0.3 is 12.1 Å². The Balaban J connectivity index is 1.65. The first-order chi connectivity index (χ1) is 14.5. The molecule has 0 aliphatic heterocycles. The standard InChI is InChI=1S/C19H18N6O5/c26-16(11-25-18(22-23-24-25)14-6-8-20-9-7-14)15(10-17(27)28)21-19(29)30-12-13-4-2-1-3-5-13/h1-9,15H,10-12H2,(H,21,29)(H,27,28). The van der Waals surface area contributed by atoms with Gasteiger partial charge in [0.25, 0.3) is 0 Å². The van der Waals surface area contributed by atoms with Gasteiger partial charge in [0.15, 0.2) is 11.6 Å². The Bertz CT molecular complexity index is 1010. The highest BCUT2D eigenvalue weighted by Gasteiger charge is 2.26. The summed E-state index contributed by atoms with van der Waals surface area (Å²) in [6.07, 6.45) is 1.59. The van der Waals surface area contributed by atoms with E-state index in [1.807, 2.05) is 6.07 Å². The van der Waals surface area contributed by atoms with Crippen LogP contribution in [-0.2, 0) is 27.5 Å². The Kier molecular flexibility index (Phi) is 6.77. The molecule has 0 saturated heterocycles. The molecular formula is C19H18N6O5. The number of ketones is 1. The number of nitrogens with one attached hydrogen (secondary N) is 1. The zero-order valence-electron chi connectivity index (χ0n) is 15.7. The number of aliphatic carboxylic acids is 1. The van der Waals surface area contributed by atoms with Crippen molar-refractivity contribution >= 4 is 17.8 Å². The maximum atomic E-state index is 12.7. The predicted molar refractivity (Wildman–Crippen MR) is 102 cm³/mol. The Hall–Kier alpha value is -4.15. The van der Waals surface area contributed by atoms with Crippen LogP contribution in [0.5, 0.6) is 0 Å². The molecule has 0 spiro atoms. The number of carbonyl (C=O) groups is 3. The Morgan fingerprint density at radius 1 is 1.10 bits per heavy atom. The molecule has 3 rings (SSSR count). The second-order valence-electron chi connectivity index (χ2n) is 6.22. The van der Waals surface area contributed by atoms with Crippen LogP contribution >= 0.6 is 0 Å². The van der Waals surface area contributed by atoms with Crippen molar-refractivity contribution in [3.63, 3.8) is 0 Å². The first kappa shape index (κ1) is 20.6. The fourth-order valence-electron chi connectivity index (χ4n) is 2.60. The van der Waals surface area contributed by atoms with E-state index in [4.69, 9.17) is 9.84 Å². The van der Waals surface area contributed by atoms with Crippen molar-refractivity contribution in [3.05, 3.63) is 60.4 Å². The Morgan fingerprint density at radius 2 is 1.83 bits per heavy atom. The lowest BCUT2D eigenvalue weighted by molar-refractivity contribution is -0.139. The van der Waals surface area contributed by atoms with Crippen molar-refractivity contribution < 1.29 is 24.2 Å². The van der Waals surface area contributed by atoms with Crippen LogP contribution in [0, 0.1) is 0 Å². The van der Waals surface area contributed by atoms with Crippen molar-refractivity contribution in [2.24, 2.45) is 0 Å². The van der Waals surface area contributed by atoms with Gasteiger partial charge in [-0.05, 0) is 28.1 Å². The number of tetrazole rings is 1. The molecule has 3 aromatic rings. The number of amides is 1. The number of carboxylic acids is 1. The summed E-state index contributed by atoms with van der Waals surface area (Å²) in [6.45, 7) is -0.346. The van der Waals surface area contributed by atoms with Gasteiger partial charge in [-0.2, -0.15) is 0 Å². The normalized spacial score (nSPS) is 11.5. The van der Waals surface area contributed by atoms with Gasteiger partial charge in [0.1, 0.15) is 19.2 Å². The topological polar surface area (TPSA) is 149 Å². The number of hydrogen-bond donors (Lipinski definition) is 2. The highest BCUT2D eigenvalue weighted by atomic mass is 16.5. The van der Waals surface area contributed by atoms with Crippen LogP contribution in [0.2, 0.25) is 0 Å². The Labute approximate surface area is 170 Å². The van der Waals surface area contributed by atoms with Crippen LogP contribution in [0.1, 0.15) is 12.0 Å². The van der Waals surface area contributed by atoms with Crippen molar-refractivity contribution in [2.75, 3.05) is 0 Å². The molecule has 2 heterocycles. The van der Waals surface area contributed by atoms with Crippen LogP contribution in [-0.4, -0.2) is 54.2 Å². The maximum Gasteiger partial charge on any atom is 0.408 e. The van der Waals surface area contributed by atoms with Crippen LogP contribution in [0.3, 0.4) is 0 Å². The SMILES string of the molecule is O=C(O)CC(NC(=O)OCc1ccccc1)C(=O)Cn1nnnc1-c1ccncc1. The average Bonchev–Trinajstić information content (AvgIpc) is 3.21. The third-order valence-electron chi connectivity index (χ3n) is 4.05. The summed E-state index contributed by atoms with van der Waals surface area (Å²) in [5.41, 5.74) is 1.39. The summed E-state index contributed by atoms with van der Waals surface area (Å²) >= 11 is 0. The minimum Gasteiger partial charge on any atom is -0.481 e. The zero-order valence-corrected chi connectivity index (χ0v) is 15.7. The molecule has 0 bridgehead atoms. The predicted octanol–water partition coefficient (Wildman–Crippen LogP) is 1.07. The summed E-state index contributed by atoms with van der Waals surface area (Å²) in [4.78, 5) is 39.8. The lowest BCUT2D eigenvalue weighted by Crippen LogP contribution is -2.44. The molecular weight excluding hydrogens is 392 g/mol. The number of alkyl carbamates (subject to hydrolysis) is 1. The number of nitrogens with zero attached hydrogens (tertiary/aromatic N) is 5. The van der Waals surface area contributed by atoms with Crippen molar-refractivity contribution in [1.82, 2.24) is 30.5 Å². The smallest absolute Gasteiger partial charge is 0.408 e. The fourth-order valence-corrected chi connectivity index (χ4v) is 2.60. The molecule has 154 valence electrons. The largest absolute Gasteiger partial charge is 0.481 e. The van der Waals surface area contributed by atoms with E-state index in [0.29, 0.717) is 11.4 Å². The second kappa shape index (κ2) is 9.87. The van der Waals surface area contributed by atoms with E-state index in [0.717, 1.165) is 5.56 Å². The molecule has 1 unspecified atom stereocenters. The number of rotatable bonds is 9. The zero-order chi connectivity index (χ0) is 21.3. The summed E-state index contributed by atoms with van der Waals surface area (Å²) in [7, 11) is 0. The van der Waals surface area contributed by atoms with Gasteiger partial charge in [-0.3, -0.25) is 14.6 Å². The minimum atomic E-state index is -1.31. The van der Waals surface area contributed by atoms with E-state index < -0.39 is 30.3 Å². The molecule has 11 nitrogen and oxygen atoms in total. The van der Waals surface area contributed by atoms with Gasteiger partial charge in [0, 0.05) is 18.0 Å². The molecule has 2 aromatic heterocycles. The fraction of sp³-hybridized carbons (Fsp3) is 0.211. The molecule has 0 aliphatic rings. The molecule has 30 heavy (non-hydrogen) atoms. The molecule has 1 atom stereocenters. The lowest BCUT2D eigenvalue weighted by atomic mass is 10.1. The molecule has 2 N–H and O–H groups in total. The van der Waals surface area contributed by atoms with E-state index in [9.17, 15) is 14.4 Å². The lowest BCUT2D eigenvalue weighted by Gasteiger charge is -2.16. The molecule has 0 radical (unpaired) electrons. The molecule has 11 heteroatoms. The van der Waals surface area contributed by atoms with Gasteiger partial charge in [0.05, 0.1) is 6.42 Å². The number of ether oxygens (including phenoxy) is 1. The highest BCUT2D eigenvalue weighted by Crippen LogP contribution is 2.14. The molecule has 0 saturated carbocycles. The van der Waals surface area contributed by atoms with Gasteiger partial charge in [-0.1, -0.05) is 30.3 Å². The van der Waals surface area contributed by atoms with Gasteiger partial charge in [-0.15, -0.1) is 5.10 Å². The number of pyridine rings is 1. The Morgan fingerprint density at radius 3 is 2.53 bits per heavy atom. The second-order valence-corrected chi connectivity index (χ2v) is 6.22. The monoisotopic (exact) mass is 410 g/mol. The molecule has 0 aliphatic carbocycles. The van der Waals surface area contributed by atoms with Crippen LogP contribution in [0.25, 0.3) is 11.4 Å². The van der Waals surface area contributed by atoms with Crippen LogP contribution in [0.15, 0.2) is 54.9 Å². The maximum absolute atomic E-state index is 12.7. The number of benzene rings is 1. The third-order valence-corrected chi connectivity index (χ3v) is 4.05. The first-order valence-electron chi connectivity index (χ1n) is 8.91. The average molecular weight is 410 g/mol. The van der Waals surface area contributed by atoms with Crippen LogP contribution in [0.4, 0.5) is 4.79 Å². The van der Waals surface area contributed by atoms with Crippen molar-refractivity contribution in [2.45, 2.75) is 25.6 Å². The number of carboxylic acid groups (broad SMARTS) is 1. The number of carbonyl (C=O) groups excluding carboxylic acids is 2. The summed E-state index contributed by atoms with van der Waals surface area (Å²) < 4.78 is 6.29. The molecule has 0 fully saturated rings. The van der Waals surface area contributed by atoms with Crippen molar-refractivity contribution in [1.29, 1.82) is 0 Å². The van der Waals surface area contributed by atoms with Gasteiger partial charge in [-0.25, -0.2) is 9.48 Å². The summed E-state index contributed by atoms with van der Waals surface area (Å²) in [6, 6.07) is 11.0.